The molecule has 4 heteroatoms. The third kappa shape index (κ3) is 3.36. The minimum Gasteiger partial charge on any atom is -0.362 e. The van der Waals surface area contributed by atoms with Crippen LogP contribution in [0, 0.1) is 0 Å². The van der Waals surface area contributed by atoms with Gasteiger partial charge in [0.25, 0.3) is 0 Å². The average molecular weight is 376 g/mol. The summed E-state index contributed by atoms with van der Waals surface area (Å²) in [5, 5.41) is 9.04. The molecule has 136 valence electrons. The zero-order valence-corrected chi connectivity index (χ0v) is 16.3. The molecule has 0 aliphatic heterocycles. The van der Waals surface area contributed by atoms with Crippen molar-refractivity contribution in [3.8, 4) is 0 Å². The summed E-state index contributed by atoms with van der Waals surface area (Å²) in [7, 11) is 4.04. The number of nitrogens with zero attached hydrogens (tertiary/aromatic N) is 2. The van der Waals surface area contributed by atoms with E-state index in [1.165, 1.54) is 21.9 Å². The van der Waals surface area contributed by atoms with Gasteiger partial charge in [-0.3, -0.25) is 0 Å². The lowest BCUT2D eigenvalue weighted by Crippen LogP contribution is -2.18. The van der Waals surface area contributed by atoms with E-state index in [0.29, 0.717) is 0 Å². The van der Waals surface area contributed by atoms with Crippen LogP contribution in [-0.2, 0) is 13.1 Å². The molecule has 0 saturated heterocycles. The van der Waals surface area contributed by atoms with E-state index in [2.05, 4.69) is 52.8 Å². The van der Waals surface area contributed by atoms with Crippen molar-refractivity contribution in [1.29, 1.82) is 0 Å². The fourth-order valence-electron chi connectivity index (χ4n) is 3.65. The Balaban J connectivity index is 1.71. The number of fused-ring (bicyclic) bond motifs is 2. The standard InChI is InChI=1S/C23H22ClN3/c1-27(2)23-16(8-7-13-26-23)14-25-15-21-17-9-3-5-11-19(17)22(24)20-12-6-4-10-18(20)21/h3-13,25H,14-15H2,1-2H3. The molecule has 0 unspecified atom stereocenters. The Morgan fingerprint density at radius 1 is 0.815 bits per heavy atom. The second-order valence-corrected chi connectivity index (χ2v) is 7.25. The Morgan fingerprint density at radius 3 is 2.00 bits per heavy atom. The van der Waals surface area contributed by atoms with Gasteiger partial charge in [0.2, 0.25) is 0 Å². The van der Waals surface area contributed by atoms with Crippen LogP contribution < -0.4 is 10.2 Å². The Labute approximate surface area is 164 Å². The first-order chi connectivity index (χ1) is 13.2. The van der Waals surface area contributed by atoms with Crippen LogP contribution in [0.4, 0.5) is 5.82 Å². The normalized spacial score (nSPS) is 11.2. The average Bonchev–Trinajstić information content (AvgIpc) is 2.71. The maximum Gasteiger partial charge on any atom is 0.132 e. The van der Waals surface area contributed by atoms with Gasteiger partial charge in [0, 0.05) is 49.7 Å². The van der Waals surface area contributed by atoms with Crippen molar-refractivity contribution in [3.63, 3.8) is 0 Å². The fourth-order valence-corrected chi connectivity index (χ4v) is 3.98. The van der Waals surface area contributed by atoms with Gasteiger partial charge in [0.05, 0.1) is 5.02 Å². The van der Waals surface area contributed by atoms with Crippen molar-refractivity contribution in [2.24, 2.45) is 0 Å². The predicted octanol–water partition coefficient (Wildman–Crippen LogP) is 5.40. The van der Waals surface area contributed by atoms with E-state index in [1.807, 2.05) is 43.4 Å². The highest BCUT2D eigenvalue weighted by Gasteiger charge is 2.12. The molecule has 1 heterocycles. The Kier molecular flexibility index (Phi) is 4.97. The summed E-state index contributed by atoms with van der Waals surface area (Å²) in [6.07, 6.45) is 1.83. The highest BCUT2D eigenvalue weighted by Crippen LogP contribution is 2.36. The zero-order chi connectivity index (χ0) is 18.8. The van der Waals surface area contributed by atoms with Crippen molar-refractivity contribution in [1.82, 2.24) is 10.3 Å². The number of rotatable bonds is 5. The number of pyridine rings is 1. The molecule has 0 amide bonds. The topological polar surface area (TPSA) is 28.2 Å². The molecule has 4 rings (SSSR count). The SMILES string of the molecule is CN(C)c1ncccc1CNCc1c2ccccc2c(Cl)c2ccccc12. The Morgan fingerprint density at radius 2 is 1.41 bits per heavy atom. The van der Waals surface area contributed by atoms with E-state index in [-0.39, 0.29) is 0 Å². The van der Waals surface area contributed by atoms with Gasteiger partial charge in [0.15, 0.2) is 0 Å². The Bertz CT molecular complexity index is 1050. The van der Waals surface area contributed by atoms with Gasteiger partial charge < -0.3 is 10.2 Å². The number of hydrogen-bond donors (Lipinski definition) is 1. The third-order valence-electron chi connectivity index (χ3n) is 4.89. The quantitative estimate of drug-likeness (QED) is 0.473. The summed E-state index contributed by atoms with van der Waals surface area (Å²) >= 11 is 6.70. The second kappa shape index (κ2) is 7.55. The summed E-state index contributed by atoms with van der Waals surface area (Å²) in [5.41, 5.74) is 2.46. The summed E-state index contributed by atoms with van der Waals surface area (Å²) in [6, 6.07) is 20.8. The number of nitrogens with one attached hydrogen (secondary N) is 1. The highest BCUT2D eigenvalue weighted by atomic mass is 35.5. The smallest absolute Gasteiger partial charge is 0.132 e. The van der Waals surface area contributed by atoms with Crippen LogP contribution in [-0.4, -0.2) is 19.1 Å². The lowest BCUT2D eigenvalue weighted by molar-refractivity contribution is 0.696. The predicted molar refractivity (Wildman–Crippen MR) is 116 cm³/mol. The van der Waals surface area contributed by atoms with Crippen molar-refractivity contribution >= 4 is 39.0 Å². The molecular weight excluding hydrogens is 354 g/mol. The molecule has 0 radical (unpaired) electrons. The molecule has 0 fully saturated rings. The van der Waals surface area contributed by atoms with Gasteiger partial charge in [-0.05, 0) is 22.4 Å². The molecule has 27 heavy (non-hydrogen) atoms. The van der Waals surface area contributed by atoms with E-state index in [1.54, 1.807) is 0 Å². The molecular formula is C23H22ClN3. The number of aromatic nitrogens is 1. The van der Waals surface area contributed by atoms with Crippen LogP contribution in [0.15, 0.2) is 66.9 Å². The number of benzene rings is 3. The fraction of sp³-hybridized carbons (Fsp3) is 0.174. The van der Waals surface area contributed by atoms with Crippen molar-refractivity contribution in [3.05, 3.63) is 83.0 Å². The van der Waals surface area contributed by atoms with Crippen molar-refractivity contribution in [2.75, 3.05) is 19.0 Å². The maximum atomic E-state index is 6.70. The third-order valence-corrected chi connectivity index (χ3v) is 5.29. The zero-order valence-electron chi connectivity index (χ0n) is 15.5. The molecule has 1 N–H and O–H groups in total. The van der Waals surface area contributed by atoms with Gasteiger partial charge in [-0.1, -0.05) is 66.2 Å². The molecule has 0 bridgehead atoms. The first-order valence-corrected chi connectivity index (χ1v) is 9.44. The summed E-state index contributed by atoms with van der Waals surface area (Å²) in [6.45, 7) is 1.52. The van der Waals surface area contributed by atoms with Gasteiger partial charge in [-0.15, -0.1) is 0 Å². The van der Waals surface area contributed by atoms with Crippen LogP contribution in [0.1, 0.15) is 11.1 Å². The van der Waals surface area contributed by atoms with E-state index >= 15 is 0 Å². The number of halogens is 1. The second-order valence-electron chi connectivity index (χ2n) is 6.87. The first-order valence-electron chi connectivity index (χ1n) is 9.06. The van der Waals surface area contributed by atoms with Gasteiger partial charge >= 0.3 is 0 Å². The molecule has 3 aromatic carbocycles. The Hall–Kier alpha value is -2.62. The van der Waals surface area contributed by atoms with Crippen LogP contribution >= 0.6 is 11.6 Å². The lowest BCUT2D eigenvalue weighted by atomic mass is 9.96. The van der Waals surface area contributed by atoms with E-state index in [0.717, 1.165) is 34.7 Å². The molecule has 0 atom stereocenters. The highest BCUT2D eigenvalue weighted by molar-refractivity contribution is 6.41. The molecule has 0 aliphatic rings. The van der Waals surface area contributed by atoms with Crippen molar-refractivity contribution in [2.45, 2.75) is 13.1 Å². The van der Waals surface area contributed by atoms with E-state index < -0.39 is 0 Å². The number of hydrogen-bond acceptors (Lipinski definition) is 3. The minimum absolute atomic E-state index is 0.757. The van der Waals surface area contributed by atoms with E-state index in [9.17, 15) is 0 Å². The van der Waals surface area contributed by atoms with Gasteiger partial charge in [-0.25, -0.2) is 4.98 Å². The molecule has 0 saturated carbocycles. The maximum absolute atomic E-state index is 6.70. The van der Waals surface area contributed by atoms with Crippen LogP contribution in [0.2, 0.25) is 5.02 Å². The van der Waals surface area contributed by atoms with Crippen LogP contribution in [0.3, 0.4) is 0 Å². The minimum atomic E-state index is 0.757. The van der Waals surface area contributed by atoms with Crippen LogP contribution in [0.25, 0.3) is 21.5 Å². The van der Waals surface area contributed by atoms with E-state index in [4.69, 9.17) is 11.6 Å². The van der Waals surface area contributed by atoms with Gasteiger partial charge in [-0.2, -0.15) is 0 Å². The van der Waals surface area contributed by atoms with Crippen LogP contribution in [0.5, 0.6) is 0 Å². The molecule has 0 aliphatic carbocycles. The lowest BCUT2D eigenvalue weighted by Gasteiger charge is -2.17. The largest absolute Gasteiger partial charge is 0.362 e. The summed E-state index contributed by atoms with van der Waals surface area (Å²) < 4.78 is 0. The molecule has 4 aromatic rings. The van der Waals surface area contributed by atoms with Gasteiger partial charge in [0.1, 0.15) is 5.82 Å². The van der Waals surface area contributed by atoms with Crippen molar-refractivity contribution < 1.29 is 0 Å². The monoisotopic (exact) mass is 375 g/mol. The number of anilines is 1. The molecule has 3 nitrogen and oxygen atoms in total. The summed E-state index contributed by atoms with van der Waals surface area (Å²) in [4.78, 5) is 6.53. The first kappa shape index (κ1) is 17.8. The molecule has 1 aromatic heterocycles. The summed E-state index contributed by atoms with van der Waals surface area (Å²) in [5.74, 6) is 0.996. The molecule has 0 spiro atoms.